The predicted molar refractivity (Wildman–Crippen MR) is 102 cm³/mol. The summed E-state index contributed by atoms with van der Waals surface area (Å²) >= 11 is 5.79. The zero-order chi connectivity index (χ0) is 20.4. The highest BCUT2D eigenvalue weighted by Gasteiger charge is 2.19. The summed E-state index contributed by atoms with van der Waals surface area (Å²) in [5, 5.41) is 19.8. The Labute approximate surface area is 164 Å². The van der Waals surface area contributed by atoms with Crippen molar-refractivity contribution in [3.63, 3.8) is 0 Å². The average Bonchev–Trinajstić information content (AvgIpc) is 3.02. The van der Waals surface area contributed by atoms with Gasteiger partial charge in [0.2, 0.25) is 0 Å². The van der Waals surface area contributed by atoms with Gasteiger partial charge in [-0.05, 0) is 24.3 Å². The van der Waals surface area contributed by atoms with Gasteiger partial charge < -0.3 is 19.5 Å². The second-order valence-corrected chi connectivity index (χ2v) is 6.40. The lowest BCUT2D eigenvalue weighted by Crippen LogP contribution is -2.09. The summed E-state index contributed by atoms with van der Waals surface area (Å²) in [5.41, 5.74) is 1.16. The fraction of sp³-hybridized carbons (Fsp3) is 0.100. The number of carboxylic acids is 1. The molecule has 1 aromatic heterocycles. The van der Waals surface area contributed by atoms with E-state index in [-0.39, 0.29) is 17.1 Å². The number of ether oxygens (including phenoxy) is 1. The van der Waals surface area contributed by atoms with Crippen molar-refractivity contribution in [2.24, 2.45) is 0 Å². The van der Waals surface area contributed by atoms with E-state index in [1.807, 2.05) is 0 Å². The summed E-state index contributed by atoms with van der Waals surface area (Å²) < 4.78 is 21.2. The zero-order valence-corrected chi connectivity index (χ0v) is 15.4. The molecule has 3 aromatic rings. The SMILES string of the molecule is COc1cccc2c1c(C(O)=CC(=O)C(=O)O)cn2Cc1ccc(Cl)cc1F. The molecular formula is C20H15ClFNO5. The third-order valence-corrected chi connectivity index (χ3v) is 4.43. The minimum absolute atomic E-state index is 0.118. The first-order valence-electron chi connectivity index (χ1n) is 8.10. The summed E-state index contributed by atoms with van der Waals surface area (Å²) in [5.74, 6) is -3.56. The molecule has 28 heavy (non-hydrogen) atoms. The van der Waals surface area contributed by atoms with E-state index in [4.69, 9.17) is 21.4 Å². The number of carbonyl (C=O) groups excluding carboxylic acids is 1. The van der Waals surface area contributed by atoms with E-state index in [0.29, 0.717) is 28.3 Å². The summed E-state index contributed by atoms with van der Waals surface area (Å²) in [7, 11) is 1.44. The van der Waals surface area contributed by atoms with Crippen LogP contribution in [-0.4, -0.2) is 33.6 Å². The zero-order valence-electron chi connectivity index (χ0n) is 14.6. The van der Waals surface area contributed by atoms with Crippen molar-refractivity contribution in [3.05, 3.63) is 70.6 Å². The summed E-state index contributed by atoms with van der Waals surface area (Å²) in [6.07, 6.45) is 2.12. The number of aromatic nitrogens is 1. The topological polar surface area (TPSA) is 88.8 Å². The van der Waals surface area contributed by atoms with Crippen LogP contribution in [0.4, 0.5) is 4.39 Å². The maximum atomic E-state index is 14.2. The molecule has 0 aliphatic rings. The second kappa shape index (κ2) is 7.74. The van der Waals surface area contributed by atoms with Gasteiger partial charge in [-0.25, -0.2) is 9.18 Å². The van der Waals surface area contributed by atoms with Gasteiger partial charge in [0.05, 0.1) is 24.6 Å². The highest BCUT2D eigenvalue weighted by atomic mass is 35.5. The molecule has 0 saturated heterocycles. The molecule has 0 bridgehead atoms. The first-order chi connectivity index (χ1) is 13.3. The van der Waals surface area contributed by atoms with Crippen LogP contribution in [0.1, 0.15) is 11.1 Å². The number of fused-ring (bicyclic) bond motifs is 1. The molecule has 0 atom stereocenters. The van der Waals surface area contributed by atoms with E-state index in [0.717, 1.165) is 0 Å². The molecule has 0 radical (unpaired) electrons. The van der Waals surface area contributed by atoms with Crippen molar-refractivity contribution in [2.75, 3.05) is 7.11 Å². The summed E-state index contributed by atoms with van der Waals surface area (Å²) in [6.45, 7) is 0.118. The van der Waals surface area contributed by atoms with E-state index in [1.54, 1.807) is 34.9 Å². The van der Waals surface area contributed by atoms with Gasteiger partial charge in [-0.15, -0.1) is 0 Å². The molecule has 2 aromatic carbocycles. The maximum absolute atomic E-state index is 14.2. The number of hydrogen-bond acceptors (Lipinski definition) is 4. The molecule has 144 valence electrons. The van der Waals surface area contributed by atoms with Gasteiger partial charge in [-0.1, -0.05) is 23.7 Å². The molecule has 6 nitrogen and oxygen atoms in total. The molecular weight excluding hydrogens is 389 g/mol. The minimum Gasteiger partial charge on any atom is -0.507 e. The molecule has 0 spiro atoms. The summed E-state index contributed by atoms with van der Waals surface area (Å²) in [4.78, 5) is 22.2. The Balaban J connectivity index is 2.17. The predicted octanol–water partition coefficient (Wildman–Crippen LogP) is 4.04. The third kappa shape index (κ3) is 3.70. The van der Waals surface area contributed by atoms with Crippen LogP contribution in [-0.2, 0) is 16.1 Å². The van der Waals surface area contributed by atoms with Gasteiger partial charge in [0.25, 0.3) is 5.78 Å². The molecule has 0 fully saturated rings. The fourth-order valence-electron chi connectivity index (χ4n) is 2.91. The number of methoxy groups -OCH3 is 1. The number of carbonyl (C=O) groups is 2. The molecule has 0 aliphatic heterocycles. The van der Waals surface area contributed by atoms with E-state index in [1.165, 1.54) is 19.4 Å². The van der Waals surface area contributed by atoms with Crippen molar-refractivity contribution < 1.29 is 28.9 Å². The highest BCUT2D eigenvalue weighted by molar-refractivity contribution is 6.38. The number of benzene rings is 2. The summed E-state index contributed by atoms with van der Waals surface area (Å²) in [6, 6.07) is 9.44. The number of halogens is 2. The Morgan fingerprint density at radius 2 is 2.00 bits per heavy atom. The molecule has 0 unspecified atom stereocenters. The quantitative estimate of drug-likeness (QED) is 0.368. The Bertz CT molecular complexity index is 1120. The minimum atomic E-state index is -1.69. The van der Waals surface area contributed by atoms with Crippen LogP contribution >= 0.6 is 11.6 Å². The molecule has 0 amide bonds. The number of carboxylic acid groups (broad SMARTS) is 1. The van der Waals surface area contributed by atoms with Crippen LogP contribution in [0.5, 0.6) is 5.75 Å². The van der Waals surface area contributed by atoms with Crippen LogP contribution in [0.15, 0.2) is 48.7 Å². The average molecular weight is 404 g/mol. The van der Waals surface area contributed by atoms with Crippen molar-refractivity contribution in [1.82, 2.24) is 4.57 Å². The molecule has 3 rings (SSSR count). The first kappa shape index (κ1) is 19.4. The van der Waals surface area contributed by atoms with Crippen LogP contribution in [0.25, 0.3) is 16.7 Å². The van der Waals surface area contributed by atoms with Gasteiger partial charge in [0, 0.05) is 28.4 Å². The number of ketones is 1. The highest BCUT2D eigenvalue weighted by Crippen LogP contribution is 2.34. The Kier molecular flexibility index (Phi) is 5.37. The van der Waals surface area contributed by atoms with Gasteiger partial charge >= 0.3 is 5.97 Å². The van der Waals surface area contributed by atoms with E-state index in [9.17, 15) is 19.1 Å². The number of aliphatic hydroxyl groups excluding tert-OH is 1. The molecule has 2 N–H and O–H groups in total. The number of aliphatic hydroxyl groups is 1. The number of nitrogens with zero attached hydrogens (tertiary/aromatic N) is 1. The molecule has 0 aliphatic carbocycles. The van der Waals surface area contributed by atoms with Gasteiger partial charge in [-0.3, -0.25) is 4.79 Å². The lowest BCUT2D eigenvalue weighted by atomic mass is 10.1. The number of aliphatic carboxylic acids is 1. The smallest absolute Gasteiger partial charge is 0.376 e. The van der Waals surface area contributed by atoms with Crippen molar-refractivity contribution in [2.45, 2.75) is 6.54 Å². The normalized spacial score (nSPS) is 11.6. The van der Waals surface area contributed by atoms with Crippen LogP contribution in [0.3, 0.4) is 0 Å². The third-order valence-electron chi connectivity index (χ3n) is 4.20. The molecule has 1 heterocycles. The standard InChI is InChI=1S/C20H15ClFNO5/c1-28-18-4-2-3-15-19(18)13(16(24)8-17(25)20(26)27)10-23(15)9-11-5-6-12(21)7-14(11)22/h2-8,10,24H,9H2,1H3,(H,26,27). The van der Waals surface area contributed by atoms with Crippen molar-refractivity contribution in [3.8, 4) is 5.75 Å². The Morgan fingerprint density at radius 1 is 1.25 bits per heavy atom. The van der Waals surface area contributed by atoms with Crippen LogP contribution < -0.4 is 4.74 Å². The maximum Gasteiger partial charge on any atom is 0.376 e. The van der Waals surface area contributed by atoms with Crippen LogP contribution in [0.2, 0.25) is 5.02 Å². The second-order valence-electron chi connectivity index (χ2n) is 5.96. The van der Waals surface area contributed by atoms with Gasteiger partial charge in [-0.2, -0.15) is 0 Å². The van der Waals surface area contributed by atoms with Crippen molar-refractivity contribution >= 4 is 40.0 Å². The molecule has 8 heteroatoms. The van der Waals surface area contributed by atoms with E-state index in [2.05, 4.69) is 0 Å². The first-order valence-corrected chi connectivity index (χ1v) is 8.47. The Morgan fingerprint density at radius 3 is 2.64 bits per heavy atom. The van der Waals surface area contributed by atoms with Gasteiger partial charge in [0.1, 0.15) is 17.3 Å². The number of rotatable bonds is 6. The van der Waals surface area contributed by atoms with E-state index < -0.39 is 23.3 Å². The molecule has 0 saturated carbocycles. The lowest BCUT2D eigenvalue weighted by Gasteiger charge is -2.08. The Hall–Kier alpha value is -3.32. The van der Waals surface area contributed by atoms with Gasteiger partial charge in [0.15, 0.2) is 0 Å². The van der Waals surface area contributed by atoms with Crippen molar-refractivity contribution in [1.29, 1.82) is 0 Å². The largest absolute Gasteiger partial charge is 0.507 e. The van der Waals surface area contributed by atoms with E-state index >= 15 is 0 Å². The van der Waals surface area contributed by atoms with Crippen LogP contribution in [0, 0.1) is 5.82 Å². The lowest BCUT2D eigenvalue weighted by molar-refractivity contribution is -0.146. The monoisotopic (exact) mass is 403 g/mol. The fourth-order valence-corrected chi connectivity index (χ4v) is 3.07. The number of hydrogen-bond donors (Lipinski definition) is 2.